The van der Waals surface area contributed by atoms with Gasteiger partial charge in [-0.2, -0.15) is 0 Å². The van der Waals surface area contributed by atoms with Gasteiger partial charge in [-0.15, -0.1) is 0 Å². The Hall–Kier alpha value is -2.07. The lowest BCUT2D eigenvalue weighted by molar-refractivity contribution is 0.274. The standard InChI is InChI=1S/C14H15NO3/c1-2-17-12-7-3-4-8-13(12)18-14-9-5-6-11(10-16)15-14/h3-9,16H,2,10H2,1H3. The van der Waals surface area contributed by atoms with E-state index in [2.05, 4.69) is 4.98 Å². The zero-order chi connectivity index (χ0) is 12.8. The molecule has 1 aromatic carbocycles. The van der Waals surface area contributed by atoms with Gasteiger partial charge in [-0.25, -0.2) is 4.98 Å². The number of hydrogen-bond acceptors (Lipinski definition) is 4. The van der Waals surface area contributed by atoms with Crippen LogP contribution in [0.4, 0.5) is 0 Å². The Morgan fingerprint density at radius 2 is 1.83 bits per heavy atom. The minimum absolute atomic E-state index is 0.107. The Bertz CT molecular complexity index is 514. The van der Waals surface area contributed by atoms with E-state index in [4.69, 9.17) is 14.6 Å². The van der Waals surface area contributed by atoms with E-state index in [-0.39, 0.29) is 6.61 Å². The average molecular weight is 245 g/mol. The number of aliphatic hydroxyl groups is 1. The molecule has 0 aliphatic heterocycles. The molecule has 0 saturated carbocycles. The first kappa shape index (κ1) is 12.4. The van der Waals surface area contributed by atoms with Crippen LogP contribution in [0.15, 0.2) is 42.5 Å². The predicted octanol–water partition coefficient (Wildman–Crippen LogP) is 2.76. The third kappa shape index (κ3) is 2.99. The summed E-state index contributed by atoms with van der Waals surface area (Å²) >= 11 is 0. The van der Waals surface area contributed by atoms with Gasteiger partial charge in [0.15, 0.2) is 11.5 Å². The summed E-state index contributed by atoms with van der Waals surface area (Å²) in [6.45, 7) is 2.39. The molecule has 4 nitrogen and oxygen atoms in total. The van der Waals surface area contributed by atoms with Crippen molar-refractivity contribution >= 4 is 0 Å². The van der Waals surface area contributed by atoms with Crippen LogP contribution in [0.5, 0.6) is 17.4 Å². The number of benzene rings is 1. The van der Waals surface area contributed by atoms with Crippen molar-refractivity contribution in [1.29, 1.82) is 0 Å². The number of hydrogen-bond donors (Lipinski definition) is 1. The summed E-state index contributed by atoms with van der Waals surface area (Å²) in [7, 11) is 0. The van der Waals surface area contributed by atoms with Gasteiger partial charge < -0.3 is 14.6 Å². The molecule has 0 aliphatic carbocycles. The molecule has 1 aromatic heterocycles. The normalized spacial score (nSPS) is 10.1. The third-order valence-corrected chi connectivity index (χ3v) is 2.31. The van der Waals surface area contributed by atoms with Gasteiger partial charge in [-0.3, -0.25) is 0 Å². The van der Waals surface area contributed by atoms with Crippen LogP contribution in [-0.2, 0) is 6.61 Å². The average Bonchev–Trinajstić information content (AvgIpc) is 2.41. The first-order chi connectivity index (χ1) is 8.83. The van der Waals surface area contributed by atoms with E-state index in [0.717, 1.165) is 0 Å². The van der Waals surface area contributed by atoms with E-state index in [1.165, 1.54) is 0 Å². The minimum Gasteiger partial charge on any atom is -0.490 e. The van der Waals surface area contributed by atoms with Crippen molar-refractivity contribution in [2.75, 3.05) is 6.61 Å². The summed E-state index contributed by atoms with van der Waals surface area (Å²) < 4.78 is 11.1. The van der Waals surface area contributed by atoms with Crippen LogP contribution in [0.1, 0.15) is 12.6 Å². The van der Waals surface area contributed by atoms with E-state index in [1.54, 1.807) is 18.2 Å². The van der Waals surface area contributed by atoms with Gasteiger partial charge in [-0.05, 0) is 25.1 Å². The second-order valence-electron chi connectivity index (χ2n) is 3.61. The number of para-hydroxylation sites is 2. The number of pyridine rings is 1. The van der Waals surface area contributed by atoms with Gasteiger partial charge in [-0.1, -0.05) is 18.2 Å². The lowest BCUT2D eigenvalue weighted by Crippen LogP contribution is -1.96. The summed E-state index contributed by atoms with van der Waals surface area (Å²) in [5, 5.41) is 9.02. The molecular formula is C14H15NO3. The van der Waals surface area contributed by atoms with Crippen molar-refractivity contribution in [2.24, 2.45) is 0 Å². The van der Waals surface area contributed by atoms with Crippen molar-refractivity contribution in [2.45, 2.75) is 13.5 Å². The van der Waals surface area contributed by atoms with Gasteiger partial charge in [0.05, 0.1) is 18.9 Å². The molecule has 1 N–H and O–H groups in total. The first-order valence-electron chi connectivity index (χ1n) is 5.80. The number of ether oxygens (including phenoxy) is 2. The maximum Gasteiger partial charge on any atom is 0.219 e. The predicted molar refractivity (Wildman–Crippen MR) is 67.8 cm³/mol. The Morgan fingerprint density at radius 3 is 2.56 bits per heavy atom. The van der Waals surface area contributed by atoms with Crippen LogP contribution in [-0.4, -0.2) is 16.7 Å². The molecule has 0 aliphatic rings. The third-order valence-electron chi connectivity index (χ3n) is 2.31. The molecule has 4 heteroatoms. The molecule has 0 spiro atoms. The van der Waals surface area contributed by atoms with Crippen molar-refractivity contribution in [3.05, 3.63) is 48.2 Å². The SMILES string of the molecule is CCOc1ccccc1Oc1cccc(CO)n1. The number of aliphatic hydroxyl groups excluding tert-OH is 1. The highest BCUT2D eigenvalue weighted by Crippen LogP contribution is 2.30. The van der Waals surface area contributed by atoms with Gasteiger partial charge in [0.25, 0.3) is 0 Å². The van der Waals surface area contributed by atoms with Crippen LogP contribution in [0, 0.1) is 0 Å². The molecule has 0 unspecified atom stereocenters. The van der Waals surface area contributed by atoms with Gasteiger partial charge in [0.2, 0.25) is 5.88 Å². The Labute approximate surface area is 106 Å². The molecule has 18 heavy (non-hydrogen) atoms. The molecule has 0 bridgehead atoms. The molecule has 2 aromatic rings. The second kappa shape index (κ2) is 6.02. The Kier molecular flexibility index (Phi) is 4.15. The van der Waals surface area contributed by atoms with E-state index >= 15 is 0 Å². The quantitative estimate of drug-likeness (QED) is 0.880. The molecule has 2 rings (SSSR count). The maximum atomic E-state index is 9.02. The molecule has 0 atom stereocenters. The monoisotopic (exact) mass is 245 g/mol. The van der Waals surface area contributed by atoms with Crippen molar-refractivity contribution in [3.8, 4) is 17.4 Å². The summed E-state index contributed by atoms with van der Waals surface area (Å²) in [6, 6.07) is 12.7. The van der Waals surface area contributed by atoms with E-state index in [9.17, 15) is 0 Å². The van der Waals surface area contributed by atoms with E-state index in [0.29, 0.717) is 29.7 Å². The second-order valence-corrected chi connectivity index (χ2v) is 3.61. The Morgan fingerprint density at radius 1 is 1.06 bits per heavy atom. The molecule has 1 heterocycles. The fraction of sp³-hybridized carbons (Fsp3) is 0.214. The molecule has 0 fully saturated rings. The highest BCUT2D eigenvalue weighted by Gasteiger charge is 2.06. The van der Waals surface area contributed by atoms with Crippen LogP contribution >= 0.6 is 0 Å². The first-order valence-corrected chi connectivity index (χ1v) is 5.80. The summed E-state index contributed by atoms with van der Waals surface area (Å²) in [5.41, 5.74) is 0.571. The number of nitrogens with zero attached hydrogens (tertiary/aromatic N) is 1. The van der Waals surface area contributed by atoms with Crippen LogP contribution in [0.3, 0.4) is 0 Å². The van der Waals surface area contributed by atoms with Gasteiger partial charge in [0.1, 0.15) is 0 Å². The summed E-state index contributed by atoms with van der Waals surface area (Å²) in [4.78, 5) is 4.16. The van der Waals surface area contributed by atoms with Crippen LogP contribution in [0.2, 0.25) is 0 Å². The highest BCUT2D eigenvalue weighted by molar-refractivity contribution is 5.41. The van der Waals surface area contributed by atoms with Crippen molar-refractivity contribution < 1.29 is 14.6 Å². The number of rotatable bonds is 5. The smallest absolute Gasteiger partial charge is 0.219 e. The summed E-state index contributed by atoms with van der Waals surface area (Å²) in [5.74, 6) is 1.73. The largest absolute Gasteiger partial charge is 0.490 e. The van der Waals surface area contributed by atoms with Crippen molar-refractivity contribution in [3.63, 3.8) is 0 Å². The van der Waals surface area contributed by atoms with E-state index in [1.807, 2.05) is 31.2 Å². The lowest BCUT2D eigenvalue weighted by atomic mass is 10.3. The van der Waals surface area contributed by atoms with Crippen LogP contribution < -0.4 is 9.47 Å². The zero-order valence-corrected chi connectivity index (χ0v) is 10.2. The Balaban J connectivity index is 2.22. The molecule has 0 radical (unpaired) electrons. The van der Waals surface area contributed by atoms with Gasteiger partial charge in [0, 0.05) is 6.07 Å². The molecule has 0 saturated heterocycles. The van der Waals surface area contributed by atoms with Crippen molar-refractivity contribution in [1.82, 2.24) is 4.98 Å². The fourth-order valence-corrected chi connectivity index (χ4v) is 1.52. The molecule has 0 amide bonds. The minimum atomic E-state index is -0.107. The highest BCUT2D eigenvalue weighted by atomic mass is 16.5. The maximum absolute atomic E-state index is 9.02. The zero-order valence-electron chi connectivity index (χ0n) is 10.2. The van der Waals surface area contributed by atoms with Crippen LogP contribution in [0.25, 0.3) is 0 Å². The topological polar surface area (TPSA) is 51.6 Å². The van der Waals surface area contributed by atoms with Gasteiger partial charge >= 0.3 is 0 Å². The van der Waals surface area contributed by atoms with E-state index < -0.39 is 0 Å². The summed E-state index contributed by atoms with van der Waals surface area (Å²) in [6.07, 6.45) is 0. The number of aromatic nitrogens is 1. The molecular weight excluding hydrogens is 230 g/mol. The molecule has 94 valence electrons. The fourth-order valence-electron chi connectivity index (χ4n) is 1.52. The lowest BCUT2D eigenvalue weighted by Gasteiger charge is -2.10.